The summed E-state index contributed by atoms with van der Waals surface area (Å²) >= 11 is 0. The fourth-order valence-electron chi connectivity index (χ4n) is 1.96. The van der Waals surface area contributed by atoms with Crippen LogP contribution in [0.15, 0.2) is 0 Å². The molecule has 0 aliphatic carbocycles. The Morgan fingerprint density at radius 3 is 2.94 bits per heavy atom. The van der Waals surface area contributed by atoms with E-state index in [-0.39, 0.29) is 5.41 Å². The summed E-state index contributed by atoms with van der Waals surface area (Å²) in [6, 6.07) is 2.33. The maximum absolute atomic E-state index is 8.89. The van der Waals surface area contributed by atoms with Gasteiger partial charge >= 0.3 is 0 Å². The van der Waals surface area contributed by atoms with Crippen molar-refractivity contribution in [2.75, 3.05) is 39.8 Å². The van der Waals surface area contributed by atoms with Crippen LogP contribution in [0.25, 0.3) is 0 Å². The Morgan fingerprint density at radius 2 is 2.29 bits per heavy atom. The van der Waals surface area contributed by atoms with Gasteiger partial charge in [-0.05, 0) is 40.3 Å². The third-order valence-corrected chi connectivity index (χ3v) is 3.17. The minimum atomic E-state index is -0.191. The van der Waals surface area contributed by atoms with E-state index in [1.807, 2.05) is 13.8 Å². The van der Waals surface area contributed by atoms with Crippen LogP contribution in [0.1, 0.15) is 26.7 Å². The number of ether oxygens (including phenoxy) is 1. The topological polar surface area (TPSA) is 48.3 Å². The van der Waals surface area contributed by atoms with E-state index in [1.165, 1.54) is 0 Å². The lowest BCUT2D eigenvalue weighted by molar-refractivity contribution is -0.0180. The number of morpholine rings is 1. The molecule has 4 nitrogen and oxygen atoms in total. The molecule has 17 heavy (non-hydrogen) atoms. The molecule has 0 amide bonds. The molecule has 1 N–H and O–H groups in total. The molecule has 0 aromatic heterocycles. The van der Waals surface area contributed by atoms with E-state index >= 15 is 0 Å². The summed E-state index contributed by atoms with van der Waals surface area (Å²) < 4.78 is 5.66. The molecule has 1 unspecified atom stereocenters. The second-order valence-corrected chi connectivity index (χ2v) is 5.56. The number of hydrogen-bond donors (Lipinski definition) is 1. The summed E-state index contributed by atoms with van der Waals surface area (Å²) in [5, 5.41) is 12.3. The standard InChI is InChI=1S/C13H25N3O/c1-13(2,11-14)5-4-6-15-9-12-10-16(3)7-8-17-12/h12,15H,4-10H2,1-3H3. The van der Waals surface area contributed by atoms with Crippen LogP contribution in [0.2, 0.25) is 0 Å². The zero-order valence-corrected chi connectivity index (χ0v) is 11.3. The maximum Gasteiger partial charge on any atom is 0.0826 e. The number of hydrogen-bond acceptors (Lipinski definition) is 4. The van der Waals surface area contributed by atoms with E-state index in [4.69, 9.17) is 10.00 Å². The van der Waals surface area contributed by atoms with Gasteiger partial charge in [-0.3, -0.25) is 0 Å². The van der Waals surface area contributed by atoms with Gasteiger partial charge in [-0.15, -0.1) is 0 Å². The zero-order valence-electron chi connectivity index (χ0n) is 11.3. The first-order valence-electron chi connectivity index (χ1n) is 6.45. The molecule has 0 aromatic carbocycles. The average molecular weight is 239 g/mol. The van der Waals surface area contributed by atoms with E-state index in [1.54, 1.807) is 0 Å². The Morgan fingerprint density at radius 1 is 1.53 bits per heavy atom. The molecule has 1 aliphatic rings. The van der Waals surface area contributed by atoms with Gasteiger partial charge < -0.3 is 15.0 Å². The van der Waals surface area contributed by atoms with Crippen molar-refractivity contribution >= 4 is 0 Å². The quantitative estimate of drug-likeness (QED) is 0.708. The SMILES string of the molecule is CN1CCOC(CNCCCC(C)(C)C#N)C1. The monoisotopic (exact) mass is 239 g/mol. The maximum atomic E-state index is 8.89. The van der Waals surface area contributed by atoms with Gasteiger partial charge in [0.05, 0.1) is 24.2 Å². The van der Waals surface area contributed by atoms with Gasteiger partial charge in [-0.2, -0.15) is 5.26 Å². The van der Waals surface area contributed by atoms with Crippen molar-refractivity contribution in [3.05, 3.63) is 0 Å². The normalized spacial score (nSPS) is 22.4. The summed E-state index contributed by atoms with van der Waals surface area (Å²) in [7, 11) is 2.13. The Kier molecular flexibility index (Phi) is 5.90. The first-order chi connectivity index (χ1) is 8.03. The van der Waals surface area contributed by atoms with E-state index in [9.17, 15) is 0 Å². The number of nitriles is 1. The first kappa shape index (κ1) is 14.4. The van der Waals surface area contributed by atoms with Crippen LogP contribution in [0.3, 0.4) is 0 Å². The fraction of sp³-hybridized carbons (Fsp3) is 0.923. The minimum absolute atomic E-state index is 0.191. The smallest absolute Gasteiger partial charge is 0.0826 e. The third kappa shape index (κ3) is 6.02. The van der Waals surface area contributed by atoms with Gasteiger partial charge in [0.15, 0.2) is 0 Å². The fourth-order valence-corrected chi connectivity index (χ4v) is 1.96. The highest BCUT2D eigenvalue weighted by Gasteiger charge is 2.18. The average Bonchev–Trinajstić information content (AvgIpc) is 2.29. The molecule has 4 heteroatoms. The molecule has 98 valence electrons. The van der Waals surface area contributed by atoms with E-state index < -0.39 is 0 Å². The Balaban J connectivity index is 2.03. The highest BCUT2D eigenvalue weighted by atomic mass is 16.5. The van der Waals surface area contributed by atoms with Gasteiger partial charge in [0.2, 0.25) is 0 Å². The predicted molar refractivity (Wildman–Crippen MR) is 68.7 cm³/mol. The molecule has 0 aromatic rings. The van der Waals surface area contributed by atoms with E-state index in [2.05, 4.69) is 23.3 Å². The number of rotatable bonds is 6. The van der Waals surface area contributed by atoms with Crippen molar-refractivity contribution in [3.63, 3.8) is 0 Å². The molecule has 0 radical (unpaired) electrons. The summed E-state index contributed by atoms with van der Waals surface area (Å²) in [6.45, 7) is 8.75. The van der Waals surface area contributed by atoms with Gasteiger partial charge in [0.1, 0.15) is 0 Å². The number of nitrogens with zero attached hydrogens (tertiary/aromatic N) is 2. The zero-order chi connectivity index (χ0) is 12.7. The lowest BCUT2D eigenvalue weighted by Gasteiger charge is -2.30. The second-order valence-electron chi connectivity index (χ2n) is 5.56. The van der Waals surface area contributed by atoms with Gasteiger partial charge in [0.25, 0.3) is 0 Å². The van der Waals surface area contributed by atoms with Crippen molar-refractivity contribution in [2.24, 2.45) is 5.41 Å². The largest absolute Gasteiger partial charge is 0.374 e. The molecular weight excluding hydrogens is 214 g/mol. The number of likely N-dealkylation sites (N-methyl/N-ethyl adjacent to an activating group) is 1. The van der Waals surface area contributed by atoms with Crippen LogP contribution in [-0.4, -0.2) is 50.8 Å². The van der Waals surface area contributed by atoms with Crippen molar-refractivity contribution in [1.82, 2.24) is 10.2 Å². The molecule has 1 heterocycles. The molecule has 0 bridgehead atoms. The van der Waals surface area contributed by atoms with Gasteiger partial charge in [-0.1, -0.05) is 0 Å². The van der Waals surface area contributed by atoms with Crippen LogP contribution < -0.4 is 5.32 Å². The van der Waals surface area contributed by atoms with Crippen LogP contribution in [0.4, 0.5) is 0 Å². The Hall–Kier alpha value is -0.630. The lowest BCUT2D eigenvalue weighted by atomic mass is 9.90. The highest BCUT2D eigenvalue weighted by molar-refractivity contribution is 4.91. The van der Waals surface area contributed by atoms with Crippen LogP contribution in [0, 0.1) is 16.7 Å². The van der Waals surface area contributed by atoms with E-state index in [0.29, 0.717) is 6.10 Å². The molecule has 1 fully saturated rings. The molecule has 1 aliphatic heterocycles. The summed E-state index contributed by atoms with van der Waals surface area (Å²) in [4.78, 5) is 2.30. The second kappa shape index (κ2) is 6.95. The van der Waals surface area contributed by atoms with Crippen molar-refractivity contribution in [1.29, 1.82) is 5.26 Å². The predicted octanol–water partition coefficient (Wildman–Crippen LogP) is 1.24. The van der Waals surface area contributed by atoms with Gasteiger partial charge in [-0.25, -0.2) is 0 Å². The van der Waals surface area contributed by atoms with Crippen LogP contribution in [-0.2, 0) is 4.74 Å². The van der Waals surface area contributed by atoms with Crippen LogP contribution in [0.5, 0.6) is 0 Å². The lowest BCUT2D eigenvalue weighted by Crippen LogP contribution is -2.45. The molecule has 0 saturated carbocycles. The van der Waals surface area contributed by atoms with Gasteiger partial charge in [0, 0.05) is 19.6 Å². The molecule has 1 saturated heterocycles. The van der Waals surface area contributed by atoms with Crippen molar-refractivity contribution < 1.29 is 4.74 Å². The summed E-state index contributed by atoms with van der Waals surface area (Å²) in [5.41, 5.74) is -0.191. The Labute approximate surface area is 105 Å². The summed E-state index contributed by atoms with van der Waals surface area (Å²) in [6.07, 6.45) is 2.31. The van der Waals surface area contributed by atoms with Crippen LogP contribution >= 0.6 is 0 Å². The molecule has 1 rings (SSSR count). The molecule has 1 atom stereocenters. The third-order valence-electron chi connectivity index (χ3n) is 3.17. The Bertz CT molecular complexity index is 260. The van der Waals surface area contributed by atoms with Crippen molar-refractivity contribution in [3.8, 4) is 6.07 Å². The highest BCUT2D eigenvalue weighted by Crippen LogP contribution is 2.19. The van der Waals surface area contributed by atoms with E-state index in [0.717, 1.165) is 45.6 Å². The minimum Gasteiger partial charge on any atom is -0.374 e. The molecule has 0 spiro atoms. The number of nitrogens with one attached hydrogen (secondary N) is 1. The van der Waals surface area contributed by atoms with Crippen molar-refractivity contribution in [2.45, 2.75) is 32.8 Å². The first-order valence-corrected chi connectivity index (χ1v) is 6.45. The summed E-state index contributed by atoms with van der Waals surface area (Å²) in [5.74, 6) is 0. The molecular formula is C13H25N3O.